The molecule has 2 heteroatoms. The summed E-state index contributed by atoms with van der Waals surface area (Å²) in [5.41, 5.74) is 3.19. The molecule has 1 spiro atoms. The van der Waals surface area contributed by atoms with Gasteiger partial charge in [-0.1, -0.05) is 18.6 Å². The fourth-order valence-electron chi connectivity index (χ4n) is 2.89. The van der Waals surface area contributed by atoms with Gasteiger partial charge in [0.15, 0.2) is 0 Å². The summed E-state index contributed by atoms with van der Waals surface area (Å²) in [5, 5.41) is 3.61. The first kappa shape index (κ1) is 9.08. The normalized spacial score (nSPS) is 22.6. The zero-order valence-corrected chi connectivity index (χ0v) is 9.29. The fourth-order valence-corrected chi connectivity index (χ4v) is 2.89. The van der Waals surface area contributed by atoms with Crippen molar-refractivity contribution >= 4 is 11.4 Å². The summed E-state index contributed by atoms with van der Waals surface area (Å²) >= 11 is 0. The van der Waals surface area contributed by atoms with Crippen LogP contribution in [0.15, 0.2) is 24.3 Å². The van der Waals surface area contributed by atoms with Gasteiger partial charge in [0.25, 0.3) is 0 Å². The molecule has 2 nitrogen and oxygen atoms in total. The molecule has 0 amide bonds. The minimum atomic E-state index is 0.549. The van der Waals surface area contributed by atoms with Gasteiger partial charge in [-0.3, -0.25) is 0 Å². The Hall–Kier alpha value is -1.18. The van der Waals surface area contributed by atoms with Gasteiger partial charge in [0.1, 0.15) is 0 Å². The van der Waals surface area contributed by atoms with Crippen LogP contribution in [0, 0.1) is 5.41 Å². The SMILES string of the molecule is CN1CC2(CCC2)CNc2ccccc21. The quantitative estimate of drug-likeness (QED) is 0.696. The molecule has 0 aromatic heterocycles. The number of nitrogens with one attached hydrogen (secondary N) is 1. The van der Waals surface area contributed by atoms with Crippen LogP contribution < -0.4 is 10.2 Å². The molecule has 0 radical (unpaired) electrons. The van der Waals surface area contributed by atoms with Gasteiger partial charge in [0.2, 0.25) is 0 Å². The van der Waals surface area contributed by atoms with E-state index in [1.807, 2.05) is 0 Å². The number of para-hydroxylation sites is 2. The van der Waals surface area contributed by atoms with Crippen molar-refractivity contribution in [2.24, 2.45) is 5.41 Å². The van der Waals surface area contributed by atoms with Gasteiger partial charge >= 0.3 is 0 Å². The summed E-state index contributed by atoms with van der Waals surface area (Å²) in [6, 6.07) is 8.62. The highest BCUT2D eigenvalue weighted by molar-refractivity contribution is 5.70. The molecule has 15 heavy (non-hydrogen) atoms. The van der Waals surface area contributed by atoms with Gasteiger partial charge in [-0.15, -0.1) is 0 Å². The molecule has 1 saturated carbocycles. The monoisotopic (exact) mass is 202 g/mol. The first-order valence-corrected chi connectivity index (χ1v) is 5.83. The van der Waals surface area contributed by atoms with E-state index in [-0.39, 0.29) is 0 Å². The van der Waals surface area contributed by atoms with Gasteiger partial charge in [-0.05, 0) is 25.0 Å². The largest absolute Gasteiger partial charge is 0.383 e. The molecule has 1 N–H and O–H groups in total. The second-order valence-corrected chi connectivity index (χ2v) is 5.08. The van der Waals surface area contributed by atoms with Crippen molar-refractivity contribution in [3.8, 4) is 0 Å². The van der Waals surface area contributed by atoms with Crippen molar-refractivity contribution in [2.75, 3.05) is 30.4 Å². The highest BCUT2D eigenvalue weighted by Gasteiger charge is 2.39. The van der Waals surface area contributed by atoms with Crippen LogP contribution in [0.4, 0.5) is 11.4 Å². The lowest BCUT2D eigenvalue weighted by molar-refractivity contribution is 0.162. The van der Waals surface area contributed by atoms with Crippen molar-refractivity contribution in [1.82, 2.24) is 0 Å². The lowest BCUT2D eigenvalue weighted by atomic mass is 9.68. The molecule has 1 fully saturated rings. The van der Waals surface area contributed by atoms with Crippen LogP contribution in [0.25, 0.3) is 0 Å². The average Bonchev–Trinajstić information content (AvgIpc) is 2.36. The molecule has 1 aromatic carbocycles. The van der Waals surface area contributed by atoms with Crippen molar-refractivity contribution < 1.29 is 0 Å². The Balaban J connectivity index is 1.93. The van der Waals surface area contributed by atoms with E-state index < -0.39 is 0 Å². The summed E-state index contributed by atoms with van der Waals surface area (Å²) in [4.78, 5) is 2.41. The number of hydrogen-bond donors (Lipinski definition) is 1. The van der Waals surface area contributed by atoms with E-state index in [2.05, 4.69) is 41.5 Å². The molecule has 1 aliphatic heterocycles. The maximum atomic E-state index is 3.61. The fraction of sp³-hybridized carbons (Fsp3) is 0.538. The molecule has 1 aromatic rings. The topological polar surface area (TPSA) is 15.3 Å². The molecule has 1 heterocycles. The van der Waals surface area contributed by atoms with Crippen LogP contribution in [-0.2, 0) is 0 Å². The summed E-state index contributed by atoms with van der Waals surface area (Å²) in [6.07, 6.45) is 4.18. The number of hydrogen-bond acceptors (Lipinski definition) is 2. The minimum absolute atomic E-state index is 0.549. The average molecular weight is 202 g/mol. The molecule has 80 valence electrons. The van der Waals surface area contributed by atoms with Crippen LogP contribution in [0.2, 0.25) is 0 Å². The standard InChI is InChI=1S/C13H18N2/c1-15-10-13(7-4-8-13)9-14-11-5-2-3-6-12(11)15/h2-3,5-6,14H,4,7-10H2,1H3. The molecule has 0 atom stereocenters. The Morgan fingerprint density at radius 2 is 2.07 bits per heavy atom. The number of anilines is 2. The van der Waals surface area contributed by atoms with E-state index in [4.69, 9.17) is 0 Å². The van der Waals surface area contributed by atoms with Gasteiger partial charge in [0.05, 0.1) is 11.4 Å². The first-order chi connectivity index (χ1) is 7.29. The van der Waals surface area contributed by atoms with Gasteiger partial charge < -0.3 is 10.2 Å². The third-order valence-electron chi connectivity index (χ3n) is 3.96. The van der Waals surface area contributed by atoms with Crippen LogP contribution in [0.5, 0.6) is 0 Å². The molecule has 0 unspecified atom stereocenters. The van der Waals surface area contributed by atoms with Crippen LogP contribution >= 0.6 is 0 Å². The van der Waals surface area contributed by atoms with Crippen LogP contribution in [0.1, 0.15) is 19.3 Å². The lowest BCUT2D eigenvalue weighted by Gasteiger charge is -2.43. The van der Waals surface area contributed by atoms with Gasteiger partial charge in [-0.2, -0.15) is 0 Å². The third-order valence-corrected chi connectivity index (χ3v) is 3.96. The van der Waals surface area contributed by atoms with E-state index in [1.54, 1.807) is 0 Å². The number of nitrogens with zero attached hydrogens (tertiary/aromatic N) is 1. The van der Waals surface area contributed by atoms with E-state index in [1.165, 1.54) is 37.2 Å². The number of fused-ring (bicyclic) bond motifs is 1. The second kappa shape index (κ2) is 3.16. The Kier molecular flexibility index (Phi) is 1.91. The molecule has 2 aliphatic rings. The highest BCUT2D eigenvalue weighted by atomic mass is 15.2. The number of rotatable bonds is 0. The molecule has 0 bridgehead atoms. The summed E-state index contributed by atoms with van der Waals surface area (Å²) in [5.74, 6) is 0. The zero-order chi connectivity index (χ0) is 10.3. The Morgan fingerprint density at radius 3 is 2.80 bits per heavy atom. The predicted molar refractivity (Wildman–Crippen MR) is 64.5 cm³/mol. The second-order valence-electron chi connectivity index (χ2n) is 5.08. The molecular formula is C13H18N2. The van der Waals surface area contributed by atoms with Crippen molar-refractivity contribution in [1.29, 1.82) is 0 Å². The summed E-state index contributed by atoms with van der Waals surface area (Å²) in [7, 11) is 2.21. The molecule has 0 saturated heterocycles. The van der Waals surface area contributed by atoms with Crippen molar-refractivity contribution in [2.45, 2.75) is 19.3 Å². The Morgan fingerprint density at radius 1 is 1.27 bits per heavy atom. The van der Waals surface area contributed by atoms with E-state index in [0.717, 1.165) is 6.54 Å². The third kappa shape index (κ3) is 1.39. The van der Waals surface area contributed by atoms with E-state index >= 15 is 0 Å². The zero-order valence-electron chi connectivity index (χ0n) is 9.29. The lowest BCUT2D eigenvalue weighted by Crippen LogP contribution is -2.43. The van der Waals surface area contributed by atoms with Crippen molar-refractivity contribution in [3.05, 3.63) is 24.3 Å². The maximum absolute atomic E-state index is 3.61. The maximum Gasteiger partial charge on any atom is 0.0599 e. The summed E-state index contributed by atoms with van der Waals surface area (Å²) < 4.78 is 0. The van der Waals surface area contributed by atoms with Crippen LogP contribution in [0.3, 0.4) is 0 Å². The molecule has 1 aliphatic carbocycles. The van der Waals surface area contributed by atoms with E-state index in [0.29, 0.717) is 5.41 Å². The Bertz CT molecular complexity index is 369. The number of benzene rings is 1. The smallest absolute Gasteiger partial charge is 0.0599 e. The van der Waals surface area contributed by atoms with Crippen molar-refractivity contribution in [3.63, 3.8) is 0 Å². The van der Waals surface area contributed by atoms with Gasteiger partial charge in [0, 0.05) is 25.6 Å². The minimum Gasteiger partial charge on any atom is -0.383 e. The van der Waals surface area contributed by atoms with Gasteiger partial charge in [-0.25, -0.2) is 0 Å². The highest BCUT2D eigenvalue weighted by Crippen LogP contribution is 2.44. The van der Waals surface area contributed by atoms with Crippen LogP contribution in [-0.4, -0.2) is 20.1 Å². The molecule has 3 rings (SSSR count). The summed E-state index contributed by atoms with van der Waals surface area (Å²) in [6.45, 7) is 2.35. The Labute approximate surface area is 91.3 Å². The first-order valence-electron chi connectivity index (χ1n) is 5.83. The predicted octanol–water partition coefficient (Wildman–Crippen LogP) is 2.72. The molecular weight excluding hydrogens is 184 g/mol. The van der Waals surface area contributed by atoms with E-state index in [9.17, 15) is 0 Å².